The lowest BCUT2D eigenvalue weighted by Crippen LogP contribution is -2.34. The maximum Gasteiger partial charge on any atom is 0.0662 e. The number of hydrogen-bond acceptors (Lipinski definition) is 3. The maximum absolute atomic E-state index is 5.93. The Hall–Kier alpha value is -1.06. The summed E-state index contributed by atoms with van der Waals surface area (Å²) >= 11 is 0. The van der Waals surface area contributed by atoms with Gasteiger partial charge in [-0.2, -0.15) is 0 Å². The molecule has 2 rings (SSSR count). The van der Waals surface area contributed by atoms with Gasteiger partial charge in [0.1, 0.15) is 0 Å². The van der Waals surface area contributed by atoms with E-state index in [2.05, 4.69) is 31.3 Å². The molecule has 0 bridgehead atoms. The van der Waals surface area contributed by atoms with Gasteiger partial charge in [0.05, 0.1) is 19.3 Å². The Morgan fingerprint density at radius 1 is 1.33 bits per heavy atom. The predicted molar refractivity (Wildman–Crippen MR) is 61.9 cm³/mol. The topological polar surface area (TPSA) is 47.3 Å². The van der Waals surface area contributed by atoms with Gasteiger partial charge in [0.15, 0.2) is 0 Å². The molecule has 1 aliphatic rings. The number of rotatable bonds is 1. The number of ether oxygens (including phenoxy) is 1. The first-order valence-electron chi connectivity index (χ1n) is 5.36. The molecule has 0 aliphatic carbocycles. The third-order valence-corrected chi connectivity index (χ3v) is 2.94. The number of nitrogens with one attached hydrogen (secondary N) is 1. The molecular formula is C12H18N2O. The van der Waals surface area contributed by atoms with Gasteiger partial charge < -0.3 is 15.8 Å². The van der Waals surface area contributed by atoms with Crippen molar-refractivity contribution in [2.75, 3.05) is 25.5 Å². The molecule has 15 heavy (non-hydrogen) atoms. The number of morpholine rings is 1. The number of nitrogen functional groups attached to an aromatic ring is 1. The summed E-state index contributed by atoms with van der Waals surface area (Å²) in [4.78, 5) is 0. The first-order valence-corrected chi connectivity index (χ1v) is 5.36. The molecule has 0 aromatic heterocycles. The Balaban J connectivity index is 2.27. The SMILES string of the molecule is Cc1cc(C2COCCN2)cc(C)c1N. The van der Waals surface area contributed by atoms with E-state index in [1.54, 1.807) is 0 Å². The van der Waals surface area contributed by atoms with Crippen LogP contribution in [0.5, 0.6) is 0 Å². The minimum Gasteiger partial charge on any atom is -0.398 e. The van der Waals surface area contributed by atoms with E-state index in [-0.39, 0.29) is 0 Å². The average molecular weight is 206 g/mol. The van der Waals surface area contributed by atoms with E-state index in [0.717, 1.165) is 36.6 Å². The van der Waals surface area contributed by atoms with E-state index >= 15 is 0 Å². The van der Waals surface area contributed by atoms with Gasteiger partial charge >= 0.3 is 0 Å². The maximum atomic E-state index is 5.93. The average Bonchev–Trinajstić information content (AvgIpc) is 2.26. The third kappa shape index (κ3) is 2.13. The lowest BCUT2D eigenvalue weighted by Gasteiger charge is -2.25. The van der Waals surface area contributed by atoms with Crippen LogP contribution in [0.4, 0.5) is 5.69 Å². The van der Waals surface area contributed by atoms with Crippen LogP contribution in [0, 0.1) is 13.8 Å². The summed E-state index contributed by atoms with van der Waals surface area (Å²) in [6.07, 6.45) is 0. The Morgan fingerprint density at radius 2 is 2.00 bits per heavy atom. The zero-order valence-electron chi connectivity index (χ0n) is 9.34. The molecule has 1 heterocycles. The van der Waals surface area contributed by atoms with Crippen LogP contribution in [-0.2, 0) is 4.74 Å². The second kappa shape index (κ2) is 4.21. The van der Waals surface area contributed by atoms with Gasteiger partial charge in [-0.25, -0.2) is 0 Å². The van der Waals surface area contributed by atoms with Crippen LogP contribution < -0.4 is 11.1 Å². The zero-order valence-corrected chi connectivity index (χ0v) is 9.34. The van der Waals surface area contributed by atoms with Crippen molar-refractivity contribution in [2.24, 2.45) is 0 Å². The molecule has 1 aromatic carbocycles. The Bertz CT molecular complexity index is 334. The molecule has 82 valence electrons. The van der Waals surface area contributed by atoms with E-state index in [1.807, 2.05) is 0 Å². The molecule has 0 radical (unpaired) electrons. The van der Waals surface area contributed by atoms with Crippen LogP contribution in [0.1, 0.15) is 22.7 Å². The van der Waals surface area contributed by atoms with Gasteiger partial charge in [-0.3, -0.25) is 0 Å². The van der Waals surface area contributed by atoms with Crippen LogP contribution in [0.3, 0.4) is 0 Å². The fourth-order valence-electron chi connectivity index (χ4n) is 1.99. The van der Waals surface area contributed by atoms with Crippen molar-refractivity contribution in [3.8, 4) is 0 Å². The highest BCUT2D eigenvalue weighted by Gasteiger charge is 2.16. The molecule has 1 fully saturated rings. The van der Waals surface area contributed by atoms with Crippen molar-refractivity contribution in [1.29, 1.82) is 0 Å². The second-order valence-electron chi connectivity index (χ2n) is 4.15. The Morgan fingerprint density at radius 3 is 2.53 bits per heavy atom. The number of aryl methyl sites for hydroxylation is 2. The second-order valence-corrected chi connectivity index (χ2v) is 4.15. The summed E-state index contributed by atoms with van der Waals surface area (Å²) in [5, 5.41) is 3.44. The van der Waals surface area contributed by atoms with E-state index in [4.69, 9.17) is 10.5 Å². The summed E-state index contributed by atoms with van der Waals surface area (Å²) in [5.41, 5.74) is 10.4. The summed E-state index contributed by atoms with van der Waals surface area (Å²) in [6.45, 7) is 6.59. The molecule has 3 N–H and O–H groups in total. The van der Waals surface area contributed by atoms with Crippen LogP contribution >= 0.6 is 0 Å². The third-order valence-electron chi connectivity index (χ3n) is 2.94. The highest BCUT2D eigenvalue weighted by molar-refractivity contribution is 5.54. The molecule has 0 spiro atoms. The van der Waals surface area contributed by atoms with Crippen LogP contribution in [0.2, 0.25) is 0 Å². The first kappa shape index (κ1) is 10.5. The van der Waals surface area contributed by atoms with Crippen LogP contribution in [-0.4, -0.2) is 19.8 Å². The normalized spacial score (nSPS) is 21.6. The smallest absolute Gasteiger partial charge is 0.0662 e. The van der Waals surface area contributed by atoms with Crippen LogP contribution in [0.15, 0.2) is 12.1 Å². The summed E-state index contributed by atoms with van der Waals surface area (Å²) in [5.74, 6) is 0. The lowest BCUT2D eigenvalue weighted by atomic mass is 9.99. The molecule has 1 aliphatic heterocycles. The molecule has 0 amide bonds. The predicted octanol–water partition coefficient (Wildman–Crippen LogP) is 1.55. The van der Waals surface area contributed by atoms with Crippen molar-refractivity contribution in [3.05, 3.63) is 28.8 Å². The fraction of sp³-hybridized carbons (Fsp3) is 0.500. The zero-order chi connectivity index (χ0) is 10.8. The van der Waals surface area contributed by atoms with Gasteiger partial charge in [0.25, 0.3) is 0 Å². The molecular weight excluding hydrogens is 188 g/mol. The summed E-state index contributed by atoms with van der Waals surface area (Å²) < 4.78 is 5.45. The standard InChI is InChI=1S/C12H18N2O/c1-8-5-10(6-9(2)12(8)13)11-7-15-4-3-14-11/h5-6,11,14H,3-4,7,13H2,1-2H3. The number of nitrogens with two attached hydrogens (primary N) is 1. The van der Waals surface area contributed by atoms with Gasteiger partial charge in [-0.1, -0.05) is 12.1 Å². The van der Waals surface area contributed by atoms with Crippen molar-refractivity contribution >= 4 is 5.69 Å². The molecule has 1 aromatic rings. The van der Waals surface area contributed by atoms with E-state index in [0.29, 0.717) is 6.04 Å². The van der Waals surface area contributed by atoms with Gasteiger partial charge in [0, 0.05) is 12.2 Å². The van der Waals surface area contributed by atoms with Crippen molar-refractivity contribution < 1.29 is 4.74 Å². The van der Waals surface area contributed by atoms with E-state index < -0.39 is 0 Å². The largest absolute Gasteiger partial charge is 0.398 e. The quantitative estimate of drug-likeness (QED) is 0.685. The van der Waals surface area contributed by atoms with Gasteiger partial charge in [-0.15, -0.1) is 0 Å². The van der Waals surface area contributed by atoms with E-state index in [1.165, 1.54) is 5.56 Å². The minimum atomic E-state index is 0.316. The molecule has 1 atom stereocenters. The van der Waals surface area contributed by atoms with E-state index in [9.17, 15) is 0 Å². The number of hydrogen-bond donors (Lipinski definition) is 2. The summed E-state index contributed by atoms with van der Waals surface area (Å²) in [7, 11) is 0. The van der Waals surface area contributed by atoms with Crippen molar-refractivity contribution in [2.45, 2.75) is 19.9 Å². The fourth-order valence-corrected chi connectivity index (χ4v) is 1.99. The lowest BCUT2D eigenvalue weighted by molar-refractivity contribution is 0.0768. The molecule has 0 saturated carbocycles. The molecule has 3 heteroatoms. The summed E-state index contributed by atoms with van der Waals surface area (Å²) in [6, 6.07) is 4.61. The van der Waals surface area contributed by atoms with Crippen molar-refractivity contribution in [1.82, 2.24) is 5.32 Å². The molecule has 1 unspecified atom stereocenters. The number of anilines is 1. The Kier molecular flexibility index (Phi) is 2.93. The van der Waals surface area contributed by atoms with Gasteiger partial charge in [-0.05, 0) is 30.5 Å². The highest BCUT2D eigenvalue weighted by atomic mass is 16.5. The molecule has 3 nitrogen and oxygen atoms in total. The monoisotopic (exact) mass is 206 g/mol. The number of benzene rings is 1. The first-order chi connectivity index (χ1) is 7.18. The Labute approximate surface area is 90.6 Å². The van der Waals surface area contributed by atoms with Gasteiger partial charge in [0.2, 0.25) is 0 Å². The minimum absolute atomic E-state index is 0.316. The molecule has 1 saturated heterocycles. The van der Waals surface area contributed by atoms with Crippen molar-refractivity contribution in [3.63, 3.8) is 0 Å². The highest BCUT2D eigenvalue weighted by Crippen LogP contribution is 2.23. The van der Waals surface area contributed by atoms with Crippen LogP contribution in [0.25, 0.3) is 0 Å².